The molecule has 0 aromatic carbocycles. The van der Waals surface area contributed by atoms with Crippen LogP contribution in [0.1, 0.15) is 26.7 Å². The standard InChI is InChI=1S/C16H20N2O4S2/c1-11-9-13(19)17(15(11)21)5-3-7-23-24-8-4-6-18-14(20)10-12(2)16(18)22/h9-10H,3-8H2,1-2H3. The van der Waals surface area contributed by atoms with Gasteiger partial charge in [-0.2, -0.15) is 0 Å². The van der Waals surface area contributed by atoms with E-state index in [1.807, 2.05) is 0 Å². The number of nitrogens with zero attached hydrogens (tertiary/aromatic N) is 2. The molecule has 0 bridgehead atoms. The molecule has 0 N–H and O–H groups in total. The molecule has 130 valence electrons. The largest absolute Gasteiger partial charge is 0.275 e. The maximum Gasteiger partial charge on any atom is 0.256 e. The van der Waals surface area contributed by atoms with Crippen LogP contribution < -0.4 is 0 Å². The molecular weight excluding hydrogens is 348 g/mol. The monoisotopic (exact) mass is 368 g/mol. The van der Waals surface area contributed by atoms with Crippen LogP contribution >= 0.6 is 21.6 Å². The summed E-state index contributed by atoms with van der Waals surface area (Å²) >= 11 is 0. The van der Waals surface area contributed by atoms with Crippen LogP contribution in [0.4, 0.5) is 0 Å². The van der Waals surface area contributed by atoms with Crippen LogP contribution in [0.2, 0.25) is 0 Å². The van der Waals surface area contributed by atoms with Crippen LogP contribution in [-0.2, 0) is 19.2 Å². The quantitative estimate of drug-likeness (QED) is 0.351. The van der Waals surface area contributed by atoms with Gasteiger partial charge in [-0.1, -0.05) is 21.6 Å². The van der Waals surface area contributed by atoms with E-state index in [1.165, 1.54) is 22.0 Å². The molecule has 0 aromatic heterocycles. The molecule has 0 saturated heterocycles. The summed E-state index contributed by atoms with van der Waals surface area (Å²) in [6.45, 7) is 4.19. The van der Waals surface area contributed by atoms with E-state index in [2.05, 4.69) is 0 Å². The molecule has 0 unspecified atom stereocenters. The first kappa shape index (κ1) is 18.8. The predicted molar refractivity (Wildman–Crippen MR) is 95.1 cm³/mol. The summed E-state index contributed by atoms with van der Waals surface area (Å²) in [7, 11) is 3.35. The lowest BCUT2D eigenvalue weighted by Gasteiger charge is -2.14. The van der Waals surface area contributed by atoms with Gasteiger partial charge in [0.1, 0.15) is 0 Å². The Morgan fingerprint density at radius 1 is 0.750 bits per heavy atom. The van der Waals surface area contributed by atoms with Gasteiger partial charge in [0.2, 0.25) is 0 Å². The minimum atomic E-state index is -0.223. The number of amides is 4. The summed E-state index contributed by atoms with van der Waals surface area (Å²) in [5.41, 5.74) is 0.996. The molecule has 6 nitrogen and oxygen atoms in total. The molecular formula is C16H20N2O4S2. The summed E-state index contributed by atoms with van der Waals surface area (Å²) in [4.78, 5) is 49.0. The molecule has 0 fully saturated rings. The van der Waals surface area contributed by atoms with Gasteiger partial charge < -0.3 is 0 Å². The molecule has 2 heterocycles. The second-order valence-corrected chi connectivity index (χ2v) is 8.30. The number of imide groups is 2. The lowest BCUT2D eigenvalue weighted by molar-refractivity contribution is -0.138. The van der Waals surface area contributed by atoms with Crippen molar-refractivity contribution in [3.63, 3.8) is 0 Å². The first-order valence-corrected chi connectivity index (χ1v) is 10.2. The predicted octanol–water partition coefficient (Wildman–Crippen LogP) is 1.78. The fourth-order valence-electron chi connectivity index (χ4n) is 2.38. The molecule has 2 aliphatic rings. The molecule has 0 radical (unpaired) electrons. The van der Waals surface area contributed by atoms with Gasteiger partial charge in [0.05, 0.1) is 0 Å². The highest BCUT2D eigenvalue weighted by Gasteiger charge is 2.28. The third-order valence-electron chi connectivity index (χ3n) is 3.68. The summed E-state index contributed by atoms with van der Waals surface area (Å²) in [6.07, 6.45) is 4.26. The molecule has 2 aliphatic heterocycles. The van der Waals surface area contributed by atoms with Crippen molar-refractivity contribution in [1.29, 1.82) is 0 Å². The van der Waals surface area contributed by atoms with Crippen molar-refractivity contribution in [3.05, 3.63) is 23.3 Å². The van der Waals surface area contributed by atoms with E-state index in [1.54, 1.807) is 35.4 Å². The smallest absolute Gasteiger partial charge is 0.256 e. The van der Waals surface area contributed by atoms with Crippen molar-refractivity contribution >= 4 is 45.2 Å². The van der Waals surface area contributed by atoms with Gasteiger partial charge in [-0.05, 0) is 26.7 Å². The Morgan fingerprint density at radius 3 is 1.42 bits per heavy atom. The minimum Gasteiger partial charge on any atom is -0.275 e. The fourth-order valence-corrected chi connectivity index (χ4v) is 4.52. The molecule has 0 atom stereocenters. The zero-order chi connectivity index (χ0) is 17.7. The van der Waals surface area contributed by atoms with Gasteiger partial charge in [-0.15, -0.1) is 0 Å². The van der Waals surface area contributed by atoms with E-state index in [0.717, 1.165) is 24.3 Å². The van der Waals surface area contributed by atoms with E-state index in [-0.39, 0.29) is 23.6 Å². The van der Waals surface area contributed by atoms with E-state index < -0.39 is 0 Å². The van der Waals surface area contributed by atoms with Crippen LogP contribution in [0.25, 0.3) is 0 Å². The van der Waals surface area contributed by atoms with Gasteiger partial charge in [-0.3, -0.25) is 29.0 Å². The van der Waals surface area contributed by atoms with Gasteiger partial charge in [0.15, 0.2) is 0 Å². The maximum atomic E-state index is 11.7. The average Bonchev–Trinajstić information content (AvgIpc) is 2.91. The van der Waals surface area contributed by atoms with Crippen LogP contribution in [0, 0.1) is 0 Å². The lowest BCUT2D eigenvalue weighted by Crippen LogP contribution is -2.32. The van der Waals surface area contributed by atoms with Gasteiger partial charge >= 0.3 is 0 Å². The maximum absolute atomic E-state index is 11.7. The lowest BCUT2D eigenvalue weighted by atomic mass is 10.3. The zero-order valence-corrected chi connectivity index (χ0v) is 15.4. The summed E-state index contributed by atoms with van der Waals surface area (Å²) in [6, 6.07) is 0. The minimum absolute atomic E-state index is 0.193. The third kappa shape index (κ3) is 4.51. The summed E-state index contributed by atoms with van der Waals surface area (Å²) in [5, 5.41) is 0. The van der Waals surface area contributed by atoms with Crippen LogP contribution in [0.3, 0.4) is 0 Å². The highest BCUT2D eigenvalue weighted by molar-refractivity contribution is 8.76. The van der Waals surface area contributed by atoms with E-state index in [9.17, 15) is 19.2 Å². The first-order chi connectivity index (χ1) is 11.4. The Morgan fingerprint density at radius 2 is 1.12 bits per heavy atom. The van der Waals surface area contributed by atoms with Gasteiger partial charge in [0, 0.05) is 47.9 Å². The number of hydrogen-bond acceptors (Lipinski definition) is 6. The van der Waals surface area contributed by atoms with E-state index >= 15 is 0 Å². The molecule has 2 rings (SSSR count). The average molecular weight is 368 g/mol. The number of carbonyl (C=O) groups is 4. The topological polar surface area (TPSA) is 74.8 Å². The van der Waals surface area contributed by atoms with Gasteiger partial charge in [-0.25, -0.2) is 0 Å². The normalized spacial score (nSPS) is 17.9. The Balaban J connectivity index is 1.51. The Kier molecular flexibility index (Phi) is 6.68. The Bertz CT molecular complexity index is 574. The summed E-state index contributed by atoms with van der Waals surface area (Å²) < 4.78 is 0. The third-order valence-corrected chi connectivity index (χ3v) is 6.26. The molecule has 0 aliphatic carbocycles. The Labute approximate surface area is 149 Å². The molecule has 8 heteroatoms. The summed E-state index contributed by atoms with van der Waals surface area (Å²) in [5.74, 6) is 0.840. The van der Waals surface area contributed by atoms with Crippen molar-refractivity contribution < 1.29 is 19.2 Å². The fraction of sp³-hybridized carbons (Fsp3) is 0.500. The van der Waals surface area contributed by atoms with Gasteiger partial charge in [0.25, 0.3) is 23.6 Å². The number of carbonyl (C=O) groups excluding carboxylic acids is 4. The molecule has 0 saturated carbocycles. The molecule has 24 heavy (non-hydrogen) atoms. The molecule has 0 spiro atoms. The van der Waals surface area contributed by atoms with Crippen LogP contribution in [0.5, 0.6) is 0 Å². The highest BCUT2D eigenvalue weighted by Crippen LogP contribution is 2.24. The molecule has 0 aromatic rings. The van der Waals surface area contributed by atoms with E-state index in [0.29, 0.717) is 24.2 Å². The number of hydrogen-bond donors (Lipinski definition) is 0. The van der Waals surface area contributed by atoms with Crippen molar-refractivity contribution in [3.8, 4) is 0 Å². The molecule has 4 amide bonds. The van der Waals surface area contributed by atoms with E-state index in [4.69, 9.17) is 0 Å². The van der Waals surface area contributed by atoms with Crippen LogP contribution in [0.15, 0.2) is 23.3 Å². The van der Waals surface area contributed by atoms with Crippen molar-refractivity contribution in [2.75, 3.05) is 24.6 Å². The van der Waals surface area contributed by atoms with Crippen molar-refractivity contribution in [2.45, 2.75) is 26.7 Å². The second kappa shape index (κ2) is 8.53. The zero-order valence-electron chi connectivity index (χ0n) is 13.7. The SMILES string of the molecule is CC1=CC(=O)N(CCCSSCCCN2C(=O)C=C(C)C2=O)C1=O. The number of rotatable bonds is 9. The van der Waals surface area contributed by atoms with Crippen molar-refractivity contribution in [1.82, 2.24) is 9.80 Å². The van der Waals surface area contributed by atoms with Crippen molar-refractivity contribution in [2.24, 2.45) is 0 Å². The Hall–Kier alpha value is -1.54. The highest BCUT2D eigenvalue weighted by atomic mass is 33.1. The second-order valence-electron chi connectivity index (χ2n) is 5.60. The first-order valence-electron chi connectivity index (χ1n) is 7.74. The van der Waals surface area contributed by atoms with Crippen LogP contribution in [-0.4, -0.2) is 58.0 Å².